The van der Waals surface area contributed by atoms with Gasteiger partial charge >= 0.3 is 6.09 Å². The van der Waals surface area contributed by atoms with Crippen LogP contribution in [0, 0.1) is 0 Å². The molecular formula is C16H18N2O2. The summed E-state index contributed by atoms with van der Waals surface area (Å²) in [4.78, 5) is 11.5. The highest BCUT2D eigenvalue weighted by atomic mass is 16.5. The smallest absolute Gasteiger partial charge is 0.411 e. The molecule has 0 saturated carbocycles. The second-order valence-electron chi connectivity index (χ2n) is 4.42. The van der Waals surface area contributed by atoms with Crippen molar-refractivity contribution in [2.45, 2.75) is 13.3 Å². The van der Waals surface area contributed by atoms with Crippen molar-refractivity contribution >= 4 is 17.5 Å². The highest BCUT2D eigenvalue weighted by molar-refractivity contribution is 5.86. The van der Waals surface area contributed by atoms with Gasteiger partial charge in [-0.3, -0.25) is 5.32 Å². The first-order chi connectivity index (χ1) is 9.69. The minimum atomic E-state index is -0.452. The van der Waals surface area contributed by atoms with Gasteiger partial charge in [-0.15, -0.1) is 0 Å². The van der Waals surface area contributed by atoms with Crippen LogP contribution >= 0.6 is 0 Å². The van der Waals surface area contributed by atoms with Crippen molar-refractivity contribution in [3.63, 3.8) is 0 Å². The topological polar surface area (TPSA) is 64.3 Å². The molecule has 20 heavy (non-hydrogen) atoms. The van der Waals surface area contributed by atoms with Crippen molar-refractivity contribution in [3.8, 4) is 0 Å². The lowest BCUT2D eigenvalue weighted by Gasteiger charge is -2.12. The van der Waals surface area contributed by atoms with E-state index in [1.807, 2.05) is 36.4 Å². The molecule has 1 amide bonds. The Morgan fingerprint density at radius 2 is 1.95 bits per heavy atom. The Morgan fingerprint density at radius 3 is 2.65 bits per heavy atom. The summed E-state index contributed by atoms with van der Waals surface area (Å²) in [5, 5.41) is 2.74. The normalized spacial score (nSPS) is 10.1. The predicted octanol–water partition coefficient (Wildman–Crippen LogP) is 3.43. The third-order valence-corrected chi connectivity index (χ3v) is 2.88. The molecule has 0 atom stereocenters. The van der Waals surface area contributed by atoms with Crippen molar-refractivity contribution in [2.75, 3.05) is 17.7 Å². The first-order valence-electron chi connectivity index (χ1n) is 6.55. The number of nitrogens with one attached hydrogen (secondary N) is 1. The molecule has 2 aromatic rings. The number of carbonyl (C=O) groups is 1. The third-order valence-electron chi connectivity index (χ3n) is 2.88. The van der Waals surface area contributed by atoms with Crippen LogP contribution < -0.4 is 11.1 Å². The van der Waals surface area contributed by atoms with E-state index in [9.17, 15) is 4.79 Å². The van der Waals surface area contributed by atoms with E-state index in [1.54, 1.807) is 19.1 Å². The summed E-state index contributed by atoms with van der Waals surface area (Å²) in [7, 11) is 0. The molecule has 0 aliphatic carbocycles. The second-order valence-corrected chi connectivity index (χ2v) is 4.42. The second kappa shape index (κ2) is 6.61. The molecule has 2 aromatic carbocycles. The van der Waals surface area contributed by atoms with Gasteiger partial charge in [0.1, 0.15) is 0 Å². The largest absolute Gasteiger partial charge is 0.450 e. The number of hydrogen-bond acceptors (Lipinski definition) is 3. The molecular weight excluding hydrogens is 252 g/mol. The number of hydrogen-bond donors (Lipinski definition) is 2. The fourth-order valence-corrected chi connectivity index (χ4v) is 1.97. The van der Waals surface area contributed by atoms with E-state index >= 15 is 0 Å². The van der Waals surface area contributed by atoms with Crippen LogP contribution in [0.25, 0.3) is 0 Å². The number of benzene rings is 2. The van der Waals surface area contributed by atoms with Crippen LogP contribution in [0.2, 0.25) is 0 Å². The molecule has 3 N–H and O–H groups in total. The van der Waals surface area contributed by atoms with Crippen LogP contribution in [0.1, 0.15) is 18.1 Å². The zero-order valence-corrected chi connectivity index (χ0v) is 11.4. The average molecular weight is 270 g/mol. The molecule has 0 aliphatic rings. The van der Waals surface area contributed by atoms with Crippen LogP contribution in [-0.4, -0.2) is 12.7 Å². The van der Waals surface area contributed by atoms with Gasteiger partial charge in [0.15, 0.2) is 0 Å². The molecule has 0 fully saturated rings. The number of nitrogens with two attached hydrogens (primary N) is 1. The molecule has 0 bridgehead atoms. The zero-order chi connectivity index (χ0) is 14.4. The van der Waals surface area contributed by atoms with Gasteiger partial charge in [0, 0.05) is 11.4 Å². The lowest BCUT2D eigenvalue weighted by molar-refractivity contribution is 0.168. The van der Waals surface area contributed by atoms with Crippen molar-refractivity contribution in [1.82, 2.24) is 0 Å². The Morgan fingerprint density at radius 1 is 1.20 bits per heavy atom. The molecule has 0 radical (unpaired) electrons. The predicted molar refractivity (Wildman–Crippen MR) is 80.7 cm³/mol. The molecule has 0 heterocycles. The SMILES string of the molecule is CCOC(=O)Nc1ccc(N)cc1Cc1ccccc1. The summed E-state index contributed by atoms with van der Waals surface area (Å²) in [6.45, 7) is 2.11. The maximum Gasteiger partial charge on any atom is 0.411 e. The van der Waals surface area contributed by atoms with E-state index in [-0.39, 0.29) is 0 Å². The fraction of sp³-hybridized carbons (Fsp3) is 0.188. The molecule has 104 valence electrons. The van der Waals surface area contributed by atoms with Gasteiger partial charge in [0.05, 0.1) is 6.61 Å². The number of rotatable bonds is 4. The molecule has 0 aromatic heterocycles. The minimum Gasteiger partial charge on any atom is -0.450 e. The van der Waals surface area contributed by atoms with E-state index in [2.05, 4.69) is 5.32 Å². The van der Waals surface area contributed by atoms with Crippen molar-refractivity contribution in [1.29, 1.82) is 0 Å². The Labute approximate surface area is 118 Å². The van der Waals surface area contributed by atoms with Crippen molar-refractivity contribution < 1.29 is 9.53 Å². The summed E-state index contributed by atoms with van der Waals surface area (Å²) < 4.78 is 4.90. The van der Waals surface area contributed by atoms with Gasteiger partial charge in [-0.25, -0.2) is 4.79 Å². The minimum absolute atomic E-state index is 0.342. The summed E-state index contributed by atoms with van der Waals surface area (Å²) in [6, 6.07) is 15.4. The molecule has 2 rings (SSSR count). The van der Waals surface area contributed by atoms with E-state index in [1.165, 1.54) is 0 Å². The van der Waals surface area contributed by atoms with Crippen LogP contribution in [0.4, 0.5) is 16.2 Å². The van der Waals surface area contributed by atoms with Gasteiger partial charge in [0.2, 0.25) is 0 Å². The lowest BCUT2D eigenvalue weighted by atomic mass is 10.0. The molecule has 0 aliphatic heterocycles. The molecule has 0 unspecified atom stereocenters. The number of carbonyl (C=O) groups excluding carboxylic acids is 1. The highest BCUT2D eigenvalue weighted by Gasteiger charge is 2.08. The average Bonchev–Trinajstić information content (AvgIpc) is 2.43. The van der Waals surface area contributed by atoms with Crippen molar-refractivity contribution in [3.05, 3.63) is 59.7 Å². The third kappa shape index (κ3) is 3.75. The number of nitrogen functional groups attached to an aromatic ring is 1. The molecule has 0 saturated heterocycles. The molecule has 4 nitrogen and oxygen atoms in total. The maximum atomic E-state index is 11.5. The lowest BCUT2D eigenvalue weighted by Crippen LogP contribution is -2.14. The standard InChI is InChI=1S/C16H18N2O2/c1-2-20-16(19)18-15-9-8-14(17)11-13(15)10-12-6-4-3-5-7-12/h3-9,11H,2,10,17H2,1H3,(H,18,19). The van der Waals surface area contributed by atoms with Crippen LogP contribution in [0.3, 0.4) is 0 Å². The molecule has 4 heteroatoms. The summed E-state index contributed by atoms with van der Waals surface area (Å²) in [6.07, 6.45) is 0.250. The van der Waals surface area contributed by atoms with Gasteiger partial charge in [-0.1, -0.05) is 30.3 Å². The Balaban J connectivity index is 2.22. The van der Waals surface area contributed by atoms with E-state index in [0.717, 1.165) is 16.8 Å². The quantitative estimate of drug-likeness (QED) is 0.836. The number of amides is 1. The van der Waals surface area contributed by atoms with Gasteiger partial charge in [-0.2, -0.15) is 0 Å². The first kappa shape index (κ1) is 13.9. The van der Waals surface area contributed by atoms with Crippen molar-refractivity contribution in [2.24, 2.45) is 0 Å². The van der Waals surface area contributed by atoms with E-state index in [0.29, 0.717) is 18.7 Å². The summed E-state index contributed by atoms with van der Waals surface area (Å²) >= 11 is 0. The van der Waals surface area contributed by atoms with Crippen LogP contribution in [0.5, 0.6) is 0 Å². The number of anilines is 2. The van der Waals surface area contributed by atoms with E-state index in [4.69, 9.17) is 10.5 Å². The van der Waals surface area contributed by atoms with Gasteiger partial charge < -0.3 is 10.5 Å². The van der Waals surface area contributed by atoms with E-state index < -0.39 is 6.09 Å². The monoisotopic (exact) mass is 270 g/mol. The highest BCUT2D eigenvalue weighted by Crippen LogP contribution is 2.22. The molecule has 0 spiro atoms. The number of ether oxygens (including phenoxy) is 1. The summed E-state index contributed by atoms with van der Waals surface area (Å²) in [5.74, 6) is 0. The Bertz CT molecular complexity index is 582. The van der Waals surface area contributed by atoms with Crippen LogP contribution in [-0.2, 0) is 11.2 Å². The first-order valence-corrected chi connectivity index (χ1v) is 6.55. The zero-order valence-electron chi connectivity index (χ0n) is 11.4. The fourth-order valence-electron chi connectivity index (χ4n) is 1.97. The van der Waals surface area contributed by atoms with Gasteiger partial charge in [-0.05, 0) is 42.7 Å². The van der Waals surface area contributed by atoms with Crippen LogP contribution in [0.15, 0.2) is 48.5 Å². The van der Waals surface area contributed by atoms with Gasteiger partial charge in [0.25, 0.3) is 0 Å². The Kier molecular flexibility index (Phi) is 4.60. The maximum absolute atomic E-state index is 11.5. The Hall–Kier alpha value is -2.49. The summed E-state index contributed by atoms with van der Waals surface area (Å²) in [5.41, 5.74) is 9.34.